The number of carbonyl (C=O) groups excluding carboxylic acids is 1. The third-order valence-corrected chi connectivity index (χ3v) is 4.87. The molecule has 0 spiro atoms. The highest BCUT2D eigenvalue weighted by molar-refractivity contribution is 7.10. The number of aliphatic hydroxyl groups excluding tert-OH is 1. The molecule has 0 aromatic carbocycles. The fraction of sp³-hybridized carbons (Fsp3) is 0.588. The van der Waals surface area contributed by atoms with E-state index >= 15 is 0 Å². The second-order valence-corrected chi connectivity index (χ2v) is 6.72. The molecule has 1 aliphatic heterocycles. The molecule has 0 aliphatic carbocycles. The molecule has 23 heavy (non-hydrogen) atoms. The Morgan fingerprint density at radius 1 is 1.48 bits per heavy atom. The summed E-state index contributed by atoms with van der Waals surface area (Å²) >= 11 is 1.67. The van der Waals surface area contributed by atoms with E-state index in [1.54, 1.807) is 25.4 Å². The van der Waals surface area contributed by atoms with Crippen LogP contribution in [0.5, 0.6) is 0 Å². The van der Waals surface area contributed by atoms with Crippen molar-refractivity contribution in [3.8, 4) is 0 Å². The van der Waals surface area contributed by atoms with Gasteiger partial charge in [-0.05, 0) is 37.3 Å². The number of amides is 1. The van der Waals surface area contributed by atoms with E-state index in [2.05, 4.69) is 6.07 Å². The van der Waals surface area contributed by atoms with Crippen LogP contribution in [0.2, 0.25) is 0 Å². The summed E-state index contributed by atoms with van der Waals surface area (Å²) in [5.41, 5.74) is 0. The molecule has 0 fully saturated rings. The van der Waals surface area contributed by atoms with E-state index in [-0.39, 0.29) is 24.3 Å². The van der Waals surface area contributed by atoms with Crippen molar-refractivity contribution in [2.45, 2.75) is 32.0 Å². The van der Waals surface area contributed by atoms with Gasteiger partial charge >= 0.3 is 0 Å². The molecule has 5 nitrogen and oxygen atoms in total. The molecule has 2 heterocycles. The lowest BCUT2D eigenvalue weighted by molar-refractivity contribution is -0.169. The first kappa shape index (κ1) is 18.0. The molecule has 128 valence electrons. The van der Waals surface area contributed by atoms with Crippen molar-refractivity contribution in [2.24, 2.45) is 5.92 Å². The predicted molar refractivity (Wildman–Crippen MR) is 90.1 cm³/mol. The van der Waals surface area contributed by atoms with Gasteiger partial charge in [-0.1, -0.05) is 6.07 Å². The maximum Gasteiger partial charge on any atom is 0.288 e. The van der Waals surface area contributed by atoms with E-state index in [4.69, 9.17) is 9.47 Å². The van der Waals surface area contributed by atoms with Crippen LogP contribution in [0.3, 0.4) is 0 Å². The van der Waals surface area contributed by atoms with Gasteiger partial charge in [-0.3, -0.25) is 4.79 Å². The summed E-state index contributed by atoms with van der Waals surface area (Å²) in [7, 11) is 3.42. The predicted octanol–water partition coefficient (Wildman–Crippen LogP) is 2.59. The van der Waals surface area contributed by atoms with Crippen LogP contribution in [-0.2, 0) is 14.3 Å². The van der Waals surface area contributed by atoms with Crippen molar-refractivity contribution in [1.82, 2.24) is 4.90 Å². The lowest BCUT2D eigenvalue weighted by Gasteiger charge is -2.36. The third-order valence-electron chi connectivity index (χ3n) is 3.90. The minimum atomic E-state index is -0.470. The normalized spacial score (nSPS) is 24.0. The molecule has 2 rings (SSSR count). The number of aliphatic hydroxyl groups is 1. The summed E-state index contributed by atoms with van der Waals surface area (Å²) in [4.78, 5) is 15.0. The first-order valence-corrected chi connectivity index (χ1v) is 8.82. The second-order valence-electron chi connectivity index (χ2n) is 5.74. The number of rotatable bonds is 7. The summed E-state index contributed by atoms with van der Waals surface area (Å²) in [6.07, 6.45) is 2.90. The van der Waals surface area contributed by atoms with Crippen LogP contribution in [0.15, 0.2) is 29.3 Å². The van der Waals surface area contributed by atoms with E-state index in [0.717, 1.165) is 6.42 Å². The Hall–Kier alpha value is -1.37. The first-order valence-electron chi connectivity index (χ1n) is 7.94. The minimum Gasteiger partial charge on any atom is -0.459 e. The molecule has 1 N–H and O–H groups in total. The van der Waals surface area contributed by atoms with Crippen LogP contribution in [0.1, 0.15) is 30.6 Å². The molecule has 0 bridgehead atoms. The average molecular weight is 339 g/mol. The Balaban J connectivity index is 2.35. The van der Waals surface area contributed by atoms with E-state index in [1.165, 1.54) is 9.78 Å². The number of likely N-dealkylation sites (N-methyl/N-ethyl adjacent to an activating group) is 1. The third kappa shape index (κ3) is 4.34. The van der Waals surface area contributed by atoms with Gasteiger partial charge in [0.25, 0.3) is 5.91 Å². The van der Waals surface area contributed by atoms with Crippen LogP contribution in [0, 0.1) is 5.92 Å². The maximum absolute atomic E-state index is 12.3. The highest BCUT2D eigenvalue weighted by atomic mass is 32.1. The topological polar surface area (TPSA) is 59.0 Å². The molecule has 0 saturated heterocycles. The summed E-state index contributed by atoms with van der Waals surface area (Å²) in [6, 6.07) is 4.08. The van der Waals surface area contributed by atoms with Gasteiger partial charge in [0, 0.05) is 44.0 Å². The van der Waals surface area contributed by atoms with Crippen LogP contribution >= 0.6 is 11.3 Å². The highest BCUT2D eigenvalue weighted by Crippen LogP contribution is 2.41. The summed E-state index contributed by atoms with van der Waals surface area (Å²) in [6.45, 7) is 2.57. The lowest BCUT2D eigenvalue weighted by atomic mass is 9.84. The highest BCUT2D eigenvalue weighted by Gasteiger charge is 2.38. The minimum absolute atomic E-state index is 0.0609. The molecule has 0 saturated carbocycles. The van der Waals surface area contributed by atoms with Gasteiger partial charge in [0.2, 0.25) is 6.29 Å². The monoisotopic (exact) mass is 339 g/mol. The first-order chi connectivity index (χ1) is 11.1. The Labute approximate surface area is 141 Å². The van der Waals surface area contributed by atoms with Crippen molar-refractivity contribution in [2.75, 3.05) is 27.3 Å². The zero-order valence-electron chi connectivity index (χ0n) is 13.9. The van der Waals surface area contributed by atoms with E-state index in [1.807, 2.05) is 24.4 Å². The van der Waals surface area contributed by atoms with Crippen LogP contribution in [-0.4, -0.2) is 49.5 Å². The van der Waals surface area contributed by atoms with Crippen molar-refractivity contribution in [3.63, 3.8) is 0 Å². The molecule has 6 heteroatoms. The molecule has 3 atom stereocenters. The zero-order chi connectivity index (χ0) is 16.8. The van der Waals surface area contributed by atoms with Gasteiger partial charge in [0.05, 0.1) is 0 Å². The molecular weight excluding hydrogens is 314 g/mol. The molecule has 1 aromatic heterocycles. The van der Waals surface area contributed by atoms with Crippen molar-refractivity contribution >= 4 is 17.2 Å². The Bertz CT molecular complexity index is 527. The Kier molecular flexibility index (Phi) is 6.62. The summed E-state index contributed by atoms with van der Waals surface area (Å²) in [5, 5.41) is 11.2. The smallest absolute Gasteiger partial charge is 0.288 e. The number of hydrogen-bond donors (Lipinski definition) is 1. The van der Waals surface area contributed by atoms with Gasteiger partial charge < -0.3 is 19.5 Å². The van der Waals surface area contributed by atoms with Gasteiger partial charge in [-0.15, -0.1) is 11.3 Å². The molecule has 1 aromatic rings. The van der Waals surface area contributed by atoms with Crippen molar-refractivity contribution in [3.05, 3.63) is 34.2 Å². The van der Waals surface area contributed by atoms with Crippen molar-refractivity contribution in [1.29, 1.82) is 0 Å². The molecule has 1 aliphatic rings. The van der Waals surface area contributed by atoms with Crippen LogP contribution < -0.4 is 0 Å². The Morgan fingerprint density at radius 3 is 2.83 bits per heavy atom. The van der Waals surface area contributed by atoms with Crippen molar-refractivity contribution < 1.29 is 19.4 Å². The van der Waals surface area contributed by atoms with Crippen LogP contribution in [0.25, 0.3) is 0 Å². The zero-order valence-corrected chi connectivity index (χ0v) is 14.7. The number of carbonyl (C=O) groups is 1. The fourth-order valence-electron chi connectivity index (χ4n) is 2.79. The molecule has 0 unspecified atom stereocenters. The fourth-order valence-corrected chi connectivity index (χ4v) is 3.66. The van der Waals surface area contributed by atoms with Gasteiger partial charge in [-0.2, -0.15) is 0 Å². The second kappa shape index (κ2) is 8.47. The number of ether oxygens (including phenoxy) is 2. The van der Waals surface area contributed by atoms with Gasteiger partial charge in [0.1, 0.15) is 0 Å². The lowest BCUT2D eigenvalue weighted by Crippen LogP contribution is -2.38. The van der Waals surface area contributed by atoms with E-state index in [0.29, 0.717) is 18.8 Å². The maximum atomic E-state index is 12.3. The van der Waals surface area contributed by atoms with Gasteiger partial charge in [-0.25, -0.2) is 0 Å². The quantitative estimate of drug-likeness (QED) is 0.829. The van der Waals surface area contributed by atoms with Crippen LogP contribution in [0.4, 0.5) is 0 Å². The molecule has 1 amide bonds. The number of nitrogens with zero attached hydrogens (tertiary/aromatic N) is 1. The number of allylic oxidation sites excluding steroid dienone is 1. The molecular formula is C17H25NO4S. The SMILES string of the molecule is CCO[C@H]1OC(C(=O)N(C)C)=C[C@@H](c2cccs2)[C@H]1CCCO. The Morgan fingerprint density at radius 2 is 2.26 bits per heavy atom. The van der Waals surface area contributed by atoms with E-state index < -0.39 is 6.29 Å². The van der Waals surface area contributed by atoms with Gasteiger partial charge in [0.15, 0.2) is 5.76 Å². The van der Waals surface area contributed by atoms with E-state index in [9.17, 15) is 9.90 Å². The molecule has 0 radical (unpaired) electrons. The number of thiophene rings is 1. The standard InChI is InChI=1S/C17H25NO4S/c1-4-21-17-12(7-5-9-19)13(15-8-6-10-23-15)11-14(22-17)16(20)18(2)3/h6,8,10-13,17,19H,4-5,7,9H2,1-3H3/t12-,13-,17+/m1/s1. The summed E-state index contributed by atoms with van der Waals surface area (Å²) in [5.74, 6) is 0.328. The average Bonchev–Trinajstić information content (AvgIpc) is 3.06. The summed E-state index contributed by atoms with van der Waals surface area (Å²) < 4.78 is 11.6. The largest absolute Gasteiger partial charge is 0.459 e. The number of hydrogen-bond acceptors (Lipinski definition) is 5.